The van der Waals surface area contributed by atoms with E-state index in [0.29, 0.717) is 42.8 Å². The van der Waals surface area contributed by atoms with Crippen LogP contribution in [0.3, 0.4) is 0 Å². The molecule has 0 bridgehead atoms. The topological polar surface area (TPSA) is 122 Å². The van der Waals surface area contributed by atoms with Gasteiger partial charge in [-0.15, -0.1) is 10.2 Å². The molecule has 0 spiro atoms. The lowest BCUT2D eigenvalue weighted by atomic mass is 10.2. The Hall–Kier alpha value is -2.41. The van der Waals surface area contributed by atoms with Gasteiger partial charge in [-0.25, -0.2) is 9.59 Å². The smallest absolute Gasteiger partial charge is 0.412 e. The van der Waals surface area contributed by atoms with Crippen LogP contribution in [0.25, 0.3) is 12.2 Å². The van der Waals surface area contributed by atoms with Crippen molar-refractivity contribution in [3.05, 3.63) is 53.8 Å². The van der Waals surface area contributed by atoms with E-state index in [9.17, 15) is 9.59 Å². The summed E-state index contributed by atoms with van der Waals surface area (Å²) in [5.74, 6) is 0.00132. The average molecular weight is 607 g/mol. The molecule has 0 atom stereocenters. The Morgan fingerprint density at radius 2 is 1.74 bits per heavy atom. The molecule has 1 heterocycles. The van der Waals surface area contributed by atoms with Crippen LogP contribution in [-0.2, 0) is 22.2 Å². The fourth-order valence-electron chi connectivity index (χ4n) is 3.17. The minimum atomic E-state index is -2.48. The van der Waals surface area contributed by atoms with Gasteiger partial charge in [0.1, 0.15) is 5.75 Å². The van der Waals surface area contributed by atoms with Gasteiger partial charge in [0.25, 0.3) is 9.68 Å². The first-order chi connectivity index (χ1) is 18.0. The molecule has 0 radical (unpaired) electrons. The standard InChI is InChI=1S/C24H30Cl3N3O7Si/c1-17(2)21(31)35-14-6-16-38(33-3,34-4)15-5-13-28-23(32)36-19-10-7-18(8-11-19)9-12-20-29-30-22(37-20)24(25,26)27/h7-12H,1,5-6,13-16H2,2-4H3,(H,28,32). The van der Waals surface area contributed by atoms with Crippen molar-refractivity contribution >= 4 is 67.6 Å². The van der Waals surface area contributed by atoms with Crippen LogP contribution in [0.5, 0.6) is 5.75 Å². The van der Waals surface area contributed by atoms with Crippen LogP contribution >= 0.6 is 34.8 Å². The van der Waals surface area contributed by atoms with Crippen molar-refractivity contribution in [2.75, 3.05) is 27.4 Å². The summed E-state index contributed by atoms with van der Waals surface area (Å²) in [6, 6.07) is 8.09. The number of carbonyl (C=O) groups excluding carboxylic acids is 2. The van der Waals surface area contributed by atoms with Crippen molar-refractivity contribution in [1.82, 2.24) is 15.5 Å². The summed E-state index contributed by atoms with van der Waals surface area (Å²) < 4.78 is 25.3. The number of nitrogens with one attached hydrogen (secondary N) is 1. The van der Waals surface area contributed by atoms with Gasteiger partial charge < -0.3 is 28.1 Å². The van der Waals surface area contributed by atoms with Crippen LogP contribution in [0.4, 0.5) is 4.79 Å². The first-order valence-electron chi connectivity index (χ1n) is 11.6. The largest absolute Gasteiger partial charge is 0.462 e. The quantitative estimate of drug-likeness (QED) is 0.0936. The minimum absolute atomic E-state index is 0.129. The average Bonchev–Trinajstić information content (AvgIpc) is 3.37. The van der Waals surface area contributed by atoms with Crippen LogP contribution in [0.2, 0.25) is 12.1 Å². The Morgan fingerprint density at radius 1 is 1.08 bits per heavy atom. The summed E-state index contributed by atoms with van der Waals surface area (Å²) in [5, 5.41) is 10.2. The first kappa shape index (κ1) is 31.8. The maximum atomic E-state index is 12.2. The molecule has 0 saturated heterocycles. The van der Waals surface area contributed by atoms with Crippen molar-refractivity contribution in [3.8, 4) is 5.75 Å². The van der Waals surface area contributed by atoms with E-state index in [4.69, 9.17) is 57.5 Å². The molecule has 0 saturated carbocycles. The molecule has 0 fully saturated rings. The molecule has 2 rings (SSSR count). The highest BCUT2D eigenvalue weighted by Gasteiger charge is 2.34. The minimum Gasteiger partial charge on any atom is -0.462 e. The molecular weight excluding hydrogens is 577 g/mol. The molecule has 1 aromatic carbocycles. The van der Waals surface area contributed by atoms with Gasteiger partial charge in [0.2, 0.25) is 5.89 Å². The maximum absolute atomic E-state index is 12.2. The number of hydrogen-bond acceptors (Lipinski definition) is 9. The number of carbonyl (C=O) groups is 2. The van der Waals surface area contributed by atoms with E-state index in [-0.39, 0.29) is 18.4 Å². The number of esters is 1. The zero-order valence-corrected chi connectivity index (χ0v) is 24.6. The van der Waals surface area contributed by atoms with Crippen LogP contribution in [0.1, 0.15) is 37.1 Å². The van der Waals surface area contributed by atoms with E-state index in [2.05, 4.69) is 22.1 Å². The predicted molar refractivity (Wildman–Crippen MR) is 147 cm³/mol. The van der Waals surface area contributed by atoms with Gasteiger partial charge in [-0.1, -0.05) is 53.5 Å². The monoisotopic (exact) mass is 605 g/mol. The van der Waals surface area contributed by atoms with Gasteiger partial charge >= 0.3 is 20.6 Å². The van der Waals surface area contributed by atoms with Crippen LogP contribution < -0.4 is 10.1 Å². The Balaban J connectivity index is 1.74. The number of hydrogen-bond donors (Lipinski definition) is 1. The fraction of sp³-hybridized carbons (Fsp3) is 0.417. The number of alkyl halides is 3. The Kier molecular flexibility index (Phi) is 12.8. The van der Waals surface area contributed by atoms with Crippen LogP contribution in [0, 0.1) is 0 Å². The molecule has 14 heteroatoms. The van der Waals surface area contributed by atoms with Gasteiger partial charge in [0, 0.05) is 32.4 Å². The second-order valence-corrected chi connectivity index (χ2v) is 14.0. The van der Waals surface area contributed by atoms with Gasteiger partial charge in [-0.2, -0.15) is 0 Å². The number of benzene rings is 1. The summed E-state index contributed by atoms with van der Waals surface area (Å²) in [4.78, 5) is 23.7. The summed E-state index contributed by atoms with van der Waals surface area (Å²) >= 11 is 17.1. The predicted octanol–water partition coefficient (Wildman–Crippen LogP) is 5.79. The third kappa shape index (κ3) is 10.8. The van der Waals surface area contributed by atoms with Crippen molar-refractivity contribution in [3.63, 3.8) is 0 Å². The highest BCUT2D eigenvalue weighted by atomic mass is 35.6. The summed E-state index contributed by atoms with van der Waals surface area (Å²) in [5.41, 5.74) is 1.15. The SMILES string of the molecule is C=C(C)C(=O)OCCC[Si](CCCNC(=O)Oc1ccc(C=Cc2nnc(C(Cl)(Cl)Cl)o2)cc1)(OC)OC. The Morgan fingerprint density at radius 3 is 2.32 bits per heavy atom. The molecule has 1 aromatic heterocycles. The van der Waals surface area contributed by atoms with Crippen LogP contribution in [-0.4, -0.2) is 58.2 Å². The third-order valence-corrected chi connectivity index (χ3v) is 9.43. The third-order valence-electron chi connectivity index (χ3n) is 5.22. The molecule has 208 valence electrons. The van der Waals surface area contributed by atoms with Crippen LogP contribution in [0.15, 0.2) is 40.8 Å². The van der Waals surface area contributed by atoms with E-state index >= 15 is 0 Å². The van der Waals surface area contributed by atoms with Crippen molar-refractivity contribution in [2.24, 2.45) is 0 Å². The zero-order chi connectivity index (χ0) is 28.2. The van der Waals surface area contributed by atoms with E-state index < -0.39 is 24.4 Å². The maximum Gasteiger partial charge on any atom is 0.412 e. The van der Waals surface area contributed by atoms with E-state index in [1.54, 1.807) is 57.6 Å². The Labute approximate surface area is 237 Å². The van der Waals surface area contributed by atoms with E-state index in [0.717, 1.165) is 5.56 Å². The molecular formula is C24H30Cl3N3O7Si. The molecule has 0 unspecified atom stereocenters. The lowest BCUT2D eigenvalue weighted by Gasteiger charge is -2.27. The molecule has 1 N–H and O–H groups in total. The Bertz CT molecular complexity index is 1100. The lowest BCUT2D eigenvalue weighted by Crippen LogP contribution is -2.41. The van der Waals surface area contributed by atoms with Crippen molar-refractivity contribution in [2.45, 2.75) is 35.6 Å². The summed E-state index contributed by atoms with van der Waals surface area (Å²) in [6.45, 7) is 5.80. The summed E-state index contributed by atoms with van der Waals surface area (Å²) in [7, 11) is 0.738. The number of amides is 1. The molecule has 10 nitrogen and oxygen atoms in total. The molecule has 0 aliphatic carbocycles. The molecule has 0 aliphatic rings. The van der Waals surface area contributed by atoms with Gasteiger partial charge in [0.05, 0.1) is 6.61 Å². The summed E-state index contributed by atoms with van der Waals surface area (Å²) in [6.07, 6.45) is 3.94. The second kappa shape index (κ2) is 15.2. The van der Waals surface area contributed by atoms with E-state index in [1.807, 2.05) is 0 Å². The number of nitrogens with zero attached hydrogens (tertiary/aromatic N) is 2. The fourth-order valence-corrected chi connectivity index (χ4v) is 6.03. The number of ether oxygens (including phenoxy) is 2. The zero-order valence-electron chi connectivity index (χ0n) is 21.3. The van der Waals surface area contributed by atoms with Gasteiger partial charge in [0.15, 0.2) is 0 Å². The number of rotatable bonds is 14. The van der Waals surface area contributed by atoms with Gasteiger partial charge in [-0.05, 0) is 55.6 Å². The van der Waals surface area contributed by atoms with Gasteiger partial charge in [-0.3, -0.25) is 0 Å². The molecule has 0 aliphatic heterocycles. The second-order valence-electron chi connectivity index (χ2n) is 8.10. The molecule has 38 heavy (non-hydrogen) atoms. The van der Waals surface area contributed by atoms with Crippen molar-refractivity contribution in [1.29, 1.82) is 0 Å². The van der Waals surface area contributed by atoms with E-state index in [1.165, 1.54) is 0 Å². The lowest BCUT2D eigenvalue weighted by molar-refractivity contribution is -0.138. The molecule has 1 amide bonds. The van der Waals surface area contributed by atoms with Crippen molar-refractivity contribution < 1.29 is 32.3 Å². The normalized spacial score (nSPS) is 11.9. The number of halogens is 3. The number of aromatic nitrogens is 2. The first-order valence-corrected chi connectivity index (χ1v) is 14.9. The molecule has 2 aromatic rings. The highest BCUT2D eigenvalue weighted by Crippen LogP contribution is 2.37. The highest BCUT2D eigenvalue weighted by molar-refractivity contribution is 6.67.